The van der Waals surface area contributed by atoms with Crippen LogP contribution in [0, 0.1) is 0 Å². The Balaban J connectivity index is 1.76. The van der Waals surface area contributed by atoms with Gasteiger partial charge in [0.05, 0.1) is 19.4 Å². The van der Waals surface area contributed by atoms with E-state index in [0.29, 0.717) is 22.3 Å². The molecule has 1 fully saturated rings. The Kier molecular flexibility index (Phi) is 4.50. The normalized spacial score (nSPS) is 19.9. The van der Waals surface area contributed by atoms with Crippen molar-refractivity contribution in [3.05, 3.63) is 28.8 Å². The van der Waals surface area contributed by atoms with E-state index in [0.717, 1.165) is 5.56 Å². The summed E-state index contributed by atoms with van der Waals surface area (Å²) in [6.07, 6.45) is 0.234. The van der Waals surface area contributed by atoms with Gasteiger partial charge in [-0.05, 0) is 23.8 Å². The van der Waals surface area contributed by atoms with Gasteiger partial charge in [0.2, 0.25) is 11.8 Å². The summed E-state index contributed by atoms with van der Waals surface area (Å²) >= 11 is 7.43. The number of anilines is 1. The molecule has 0 bridgehead atoms. The summed E-state index contributed by atoms with van der Waals surface area (Å²) in [7, 11) is 1.30. The fourth-order valence-electron chi connectivity index (χ4n) is 2.77. The summed E-state index contributed by atoms with van der Waals surface area (Å²) in [5.41, 5.74) is 1.52. The Bertz CT molecular complexity index is 681. The zero-order valence-electron chi connectivity index (χ0n) is 12.5. The van der Waals surface area contributed by atoms with Crippen molar-refractivity contribution in [3.8, 4) is 0 Å². The third-order valence-corrected chi connectivity index (χ3v) is 5.19. The molecule has 6 nitrogen and oxygen atoms in total. The number of carbonyl (C=O) groups is 3. The number of amides is 2. The van der Waals surface area contributed by atoms with Crippen molar-refractivity contribution in [1.82, 2.24) is 4.90 Å². The number of benzene rings is 1. The topological polar surface area (TPSA) is 66.9 Å². The molecule has 1 unspecified atom stereocenters. The molecule has 2 aliphatic heterocycles. The Morgan fingerprint density at radius 2 is 2.22 bits per heavy atom. The number of hydrogen-bond acceptors (Lipinski definition) is 5. The third kappa shape index (κ3) is 3.03. The van der Waals surface area contributed by atoms with E-state index in [1.807, 2.05) is 0 Å². The molecule has 2 amide bonds. The number of thioether (sulfide) groups is 1. The van der Waals surface area contributed by atoms with Gasteiger partial charge in [-0.1, -0.05) is 11.6 Å². The van der Waals surface area contributed by atoms with Crippen LogP contribution < -0.4 is 4.90 Å². The molecule has 0 saturated carbocycles. The molecule has 2 heterocycles. The number of hydrogen-bond donors (Lipinski definition) is 0. The van der Waals surface area contributed by atoms with Gasteiger partial charge in [0.1, 0.15) is 12.6 Å². The first-order chi connectivity index (χ1) is 11.0. The summed E-state index contributed by atoms with van der Waals surface area (Å²) in [6, 6.07) is 4.59. The van der Waals surface area contributed by atoms with Crippen LogP contribution in [0.3, 0.4) is 0 Å². The van der Waals surface area contributed by atoms with Gasteiger partial charge in [0, 0.05) is 16.5 Å². The lowest BCUT2D eigenvalue weighted by atomic mass is 10.2. The van der Waals surface area contributed by atoms with Crippen molar-refractivity contribution in [3.63, 3.8) is 0 Å². The van der Waals surface area contributed by atoms with Crippen LogP contribution in [0.5, 0.6) is 0 Å². The number of esters is 1. The molecule has 2 aliphatic rings. The van der Waals surface area contributed by atoms with Crippen molar-refractivity contribution in [1.29, 1.82) is 0 Å². The minimum atomic E-state index is -0.583. The van der Waals surface area contributed by atoms with E-state index in [1.54, 1.807) is 18.2 Å². The molecule has 3 rings (SSSR count). The Labute approximate surface area is 142 Å². The molecular formula is C15H15ClN2O4S. The van der Waals surface area contributed by atoms with Gasteiger partial charge in [-0.2, -0.15) is 0 Å². The van der Waals surface area contributed by atoms with Crippen LogP contribution in [-0.2, 0) is 25.5 Å². The van der Waals surface area contributed by atoms with E-state index in [2.05, 4.69) is 0 Å². The predicted octanol–water partition coefficient (Wildman–Crippen LogP) is 1.30. The zero-order valence-corrected chi connectivity index (χ0v) is 14.0. The molecule has 1 saturated heterocycles. The summed E-state index contributed by atoms with van der Waals surface area (Å²) in [5.74, 6) is 0.106. The maximum absolute atomic E-state index is 12.5. The fraction of sp³-hybridized carbons (Fsp3) is 0.400. The smallest absolute Gasteiger partial charge is 0.329 e. The van der Waals surface area contributed by atoms with E-state index in [-0.39, 0.29) is 24.8 Å². The number of carbonyl (C=O) groups excluding carboxylic acids is 3. The molecule has 0 aromatic heterocycles. The highest BCUT2D eigenvalue weighted by atomic mass is 35.5. The van der Waals surface area contributed by atoms with Gasteiger partial charge in [0.25, 0.3) is 0 Å². The largest absolute Gasteiger partial charge is 0.467 e. The maximum Gasteiger partial charge on any atom is 0.329 e. The lowest BCUT2D eigenvalue weighted by Gasteiger charge is -2.25. The SMILES string of the molecule is COC(=O)C1CSCN1C(=O)CN1C(=O)Cc2cc(Cl)ccc21. The summed E-state index contributed by atoms with van der Waals surface area (Å²) < 4.78 is 4.73. The van der Waals surface area contributed by atoms with Crippen molar-refractivity contribution in [2.45, 2.75) is 12.5 Å². The Morgan fingerprint density at radius 1 is 1.43 bits per heavy atom. The quantitative estimate of drug-likeness (QED) is 0.765. The second-order valence-electron chi connectivity index (χ2n) is 5.33. The average molecular weight is 355 g/mol. The fourth-order valence-corrected chi connectivity index (χ4v) is 4.13. The predicted molar refractivity (Wildman–Crippen MR) is 87.5 cm³/mol. The third-order valence-electron chi connectivity index (χ3n) is 3.94. The lowest BCUT2D eigenvalue weighted by Crippen LogP contribution is -2.47. The Morgan fingerprint density at radius 3 is 2.96 bits per heavy atom. The van der Waals surface area contributed by atoms with Crippen LogP contribution in [-0.4, -0.2) is 54.0 Å². The van der Waals surface area contributed by atoms with Crippen LogP contribution in [0.25, 0.3) is 0 Å². The van der Waals surface area contributed by atoms with Gasteiger partial charge in [-0.3, -0.25) is 9.59 Å². The van der Waals surface area contributed by atoms with Crippen LogP contribution >= 0.6 is 23.4 Å². The first kappa shape index (κ1) is 16.1. The number of ether oxygens (including phenoxy) is 1. The molecule has 1 aromatic carbocycles. The van der Waals surface area contributed by atoms with Crippen molar-refractivity contribution in [2.75, 3.05) is 30.2 Å². The average Bonchev–Trinajstić information content (AvgIpc) is 3.11. The number of halogens is 1. The molecule has 23 heavy (non-hydrogen) atoms. The molecular weight excluding hydrogens is 340 g/mol. The van der Waals surface area contributed by atoms with E-state index in [4.69, 9.17) is 16.3 Å². The summed E-state index contributed by atoms with van der Waals surface area (Å²) in [5, 5.41) is 0.562. The number of nitrogens with zero attached hydrogens (tertiary/aromatic N) is 2. The Hall–Kier alpha value is -1.73. The molecule has 8 heteroatoms. The van der Waals surface area contributed by atoms with Crippen molar-refractivity contribution < 1.29 is 19.1 Å². The minimum Gasteiger partial charge on any atom is -0.467 e. The zero-order chi connectivity index (χ0) is 16.6. The van der Waals surface area contributed by atoms with Gasteiger partial charge in [-0.25, -0.2) is 4.79 Å². The second kappa shape index (κ2) is 6.41. The van der Waals surface area contributed by atoms with Gasteiger partial charge < -0.3 is 14.5 Å². The summed E-state index contributed by atoms with van der Waals surface area (Å²) in [4.78, 5) is 39.4. The molecule has 0 N–H and O–H groups in total. The highest BCUT2D eigenvalue weighted by Gasteiger charge is 2.37. The lowest BCUT2D eigenvalue weighted by molar-refractivity contribution is -0.150. The molecule has 122 valence electrons. The number of methoxy groups -OCH3 is 1. The first-order valence-electron chi connectivity index (χ1n) is 7.05. The second-order valence-corrected chi connectivity index (χ2v) is 6.77. The van der Waals surface area contributed by atoms with Crippen molar-refractivity contribution >= 4 is 46.8 Å². The molecule has 0 radical (unpaired) electrons. The van der Waals surface area contributed by atoms with E-state index < -0.39 is 12.0 Å². The van der Waals surface area contributed by atoms with Crippen molar-refractivity contribution in [2.24, 2.45) is 0 Å². The standard InChI is InChI=1S/C15H15ClN2O4S/c1-22-15(21)12-7-23-8-18(12)14(20)6-17-11-3-2-10(16)4-9(11)5-13(17)19/h2-4,12H,5-8H2,1H3. The number of rotatable bonds is 3. The van der Waals surface area contributed by atoms with Gasteiger partial charge >= 0.3 is 5.97 Å². The first-order valence-corrected chi connectivity index (χ1v) is 8.58. The monoisotopic (exact) mass is 354 g/mol. The number of fused-ring (bicyclic) bond motifs is 1. The summed E-state index contributed by atoms with van der Waals surface area (Å²) in [6.45, 7) is -0.0818. The van der Waals surface area contributed by atoms with Gasteiger partial charge in [-0.15, -0.1) is 11.8 Å². The van der Waals surface area contributed by atoms with E-state index in [9.17, 15) is 14.4 Å². The van der Waals surface area contributed by atoms with Crippen LogP contribution in [0.2, 0.25) is 5.02 Å². The van der Waals surface area contributed by atoms with Gasteiger partial charge in [0.15, 0.2) is 0 Å². The van der Waals surface area contributed by atoms with Crippen LogP contribution in [0.1, 0.15) is 5.56 Å². The molecule has 0 spiro atoms. The highest BCUT2D eigenvalue weighted by Crippen LogP contribution is 2.31. The molecule has 1 atom stereocenters. The maximum atomic E-state index is 12.5. The molecule has 1 aromatic rings. The van der Waals surface area contributed by atoms with Crippen LogP contribution in [0.4, 0.5) is 5.69 Å². The minimum absolute atomic E-state index is 0.0818. The van der Waals surface area contributed by atoms with E-state index in [1.165, 1.54) is 28.7 Å². The molecule has 0 aliphatic carbocycles. The highest BCUT2D eigenvalue weighted by molar-refractivity contribution is 7.99. The van der Waals surface area contributed by atoms with E-state index >= 15 is 0 Å². The van der Waals surface area contributed by atoms with Crippen LogP contribution in [0.15, 0.2) is 18.2 Å².